The number of allylic oxidation sites excluding steroid dienone is 2. The molecule has 0 bridgehead atoms. The average molecular weight is 270 g/mol. The van der Waals surface area contributed by atoms with E-state index in [4.69, 9.17) is 0 Å². The zero-order valence-electron chi connectivity index (χ0n) is 8.33. The minimum Gasteiger partial charge on any atom is -0.274 e. The molecule has 1 heterocycles. The van der Waals surface area contributed by atoms with E-state index in [1.165, 1.54) is 17.1 Å². The Bertz CT molecular complexity index is 358. The predicted molar refractivity (Wildman–Crippen MR) is 62.6 cm³/mol. The highest BCUT2D eigenvalue weighted by atomic mass is 79.9. The first-order chi connectivity index (χ1) is 7.13. The standard InChI is InChI=1S/C11H12BrNO2/c1-3-5-9-8(2)10(14)13(11(9)15)7-4-6-12/h3,5H,1-2,4,6-7H2/b9-5+. The van der Waals surface area contributed by atoms with Gasteiger partial charge in [0, 0.05) is 17.4 Å². The topological polar surface area (TPSA) is 37.4 Å². The van der Waals surface area contributed by atoms with E-state index in [0.717, 1.165) is 11.8 Å². The Hall–Kier alpha value is -1.16. The van der Waals surface area contributed by atoms with Gasteiger partial charge in [0.2, 0.25) is 0 Å². The van der Waals surface area contributed by atoms with E-state index in [-0.39, 0.29) is 17.4 Å². The second kappa shape index (κ2) is 5.07. The van der Waals surface area contributed by atoms with Crippen LogP contribution in [-0.4, -0.2) is 28.6 Å². The summed E-state index contributed by atoms with van der Waals surface area (Å²) in [7, 11) is 0. The highest BCUT2D eigenvalue weighted by Crippen LogP contribution is 2.23. The van der Waals surface area contributed by atoms with Crippen molar-refractivity contribution in [2.45, 2.75) is 6.42 Å². The fraction of sp³-hybridized carbons (Fsp3) is 0.273. The van der Waals surface area contributed by atoms with E-state index in [1.54, 1.807) is 0 Å². The molecule has 0 aliphatic carbocycles. The molecule has 0 atom stereocenters. The Labute approximate surface area is 97.3 Å². The van der Waals surface area contributed by atoms with Gasteiger partial charge in [-0.15, -0.1) is 0 Å². The smallest absolute Gasteiger partial charge is 0.261 e. The number of halogens is 1. The number of imide groups is 1. The quantitative estimate of drug-likeness (QED) is 0.444. The third-order valence-corrected chi connectivity index (χ3v) is 2.66. The monoisotopic (exact) mass is 269 g/mol. The number of amides is 2. The fourth-order valence-electron chi connectivity index (χ4n) is 1.36. The number of likely N-dealkylation sites (tertiary alicyclic amines) is 1. The Morgan fingerprint density at radius 2 is 2.00 bits per heavy atom. The Morgan fingerprint density at radius 1 is 1.33 bits per heavy atom. The van der Waals surface area contributed by atoms with Crippen LogP contribution in [0, 0.1) is 0 Å². The minimum absolute atomic E-state index is 0.259. The van der Waals surface area contributed by atoms with Crippen molar-refractivity contribution < 1.29 is 9.59 Å². The predicted octanol–water partition coefficient (Wildman–Crippen LogP) is 1.81. The summed E-state index contributed by atoms with van der Waals surface area (Å²) < 4.78 is 0. The summed E-state index contributed by atoms with van der Waals surface area (Å²) in [6.07, 6.45) is 3.75. The number of rotatable bonds is 4. The van der Waals surface area contributed by atoms with E-state index in [9.17, 15) is 9.59 Å². The molecule has 1 aliphatic heterocycles. The van der Waals surface area contributed by atoms with Crippen LogP contribution in [-0.2, 0) is 9.59 Å². The highest BCUT2D eigenvalue weighted by molar-refractivity contribution is 9.09. The minimum atomic E-state index is -0.297. The van der Waals surface area contributed by atoms with E-state index < -0.39 is 0 Å². The van der Waals surface area contributed by atoms with E-state index >= 15 is 0 Å². The molecule has 80 valence electrons. The zero-order valence-corrected chi connectivity index (χ0v) is 9.92. The lowest BCUT2D eigenvalue weighted by molar-refractivity contribution is -0.136. The summed E-state index contributed by atoms with van der Waals surface area (Å²) in [6.45, 7) is 7.53. The molecule has 0 aromatic heterocycles. The number of carbonyl (C=O) groups excluding carboxylic acids is 2. The zero-order chi connectivity index (χ0) is 11.4. The molecule has 1 fully saturated rings. The van der Waals surface area contributed by atoms with Crippen molar-refractivity contribution in [3.05, 3.63) is 36.5 Å². The van der Waals surface area contributed by atoms with Gasteiger partial charge in [-0.2, -0.15) is 0 Å². The normalized spacial score (nSPS) is 19.1. The Morgan fingerprint density at radius 3 is 2.53 bits per heavy atom. The molecule has 1 rings (SSSR count). The molecule has 0 aromatic carbocycles. The molecule has 1 saturated heterocycles. The van der Waals surface area contributed by atoms with Gasteiger partial charge in [0.25, 0.3) is 11.8 Å². The summed E-state index contributed by atoms with van der Waals surface area (Å²) in [5, 5.41) is 0.761. The maximum absolute atomic E-state index is 11.7. The number of alkyl halides is 1. The van der Waals surface area contributed by atoms with Gasteiger partial charge in [0.15, 0.2) is 0 Å². The van der Waals surface area contributed by atoms with Gasteiger partial charge in [0.05, 0.1) is 5.57 Å². The van der Waals surface area contributed by atoms with Crippen molar-refractivity contribution >= 4 is 27.7 Å². The van der Waals surface area contributed by atoms with Crippen LogP contribution < -0.4 is 0 Å². The highest BCUT2D eigenvalue weighted by Gasteiger charge is 2.36. The number of hydrogen-bond donors (Lipinski definition) is 0. The van der Waals surface area contributed by atoms with Crippen LogP contribution in [0.2, 0.25) is 0 Å². The molecule has 3 nitrogen and oxygen atoms in total. The van der Waals surface area contributed by atoms with Gasteiger partial charge in [-0.05, 0) is 12.5 Å². The molecule has 0 aromatic rings. The second-order valence-electron chi connectivity index (χ2n) is 3.10. The summed E-state index contributed by atoms with van der Waals surface area (Å²) in [5.41, 5.74) is 0.610. The Balaban J connectivity index is 2.90. The molecule has 4 heteroatoms. The van der Waals surface area contributed by atoms with Crippen molar-refractivity contribution in [1.29, 1.82) is 0 Å². The second-order valence-corrected chi connectivity index (χ2v) is 3.89. The van der Waals surface area contributed by atoms with Crippen LogP contribution in [0.15, 0.2) is 36.5 Å². The van der Waals surface area contributed by atoms with Crippen LogP contribution in [0.3, 0.4) is 0 Å². The van der Waals surface area contributed by atoms with Gasteiger partial charge in [-0.25, -0.2) is 0 Å². The van der Waals surface area contributed by atoms with Crippen molar-refractivity contribution in [3.63, 3.8) is 0 Å². The summed E-state index contributed by atoms with van der Waals surface area (Å²) in [5.74, 6) is -0.570. The third-order valence-electron chi connectivity index (χ3n) is 2.10. The molecule has 0 saturated carbocycles. The molecule has 0 unspecified atom stereocenters. The van der Waals surface area contributed by atoms with E-state index in [0.29, 0.717) is 12.1 Å². The largest absolute Gasteiger partial charge is 0.274 e. The van der Waals surface area contributed by atoms with Crippen molar-refractivity contribution in [2.75, 3.05) is 11.9 Å². The van der Waals surface area contributed by atoms with Gasteiger partial charge >= 0.3 is 0 Å². The SMILES string of the molecule is C=C/C=C1\C(=C)C(=O)N(CCCBr)C1=O. The lowest BCUT2D eigenvalue weighted by Gasteiger charge is -2.11. The van der Waals surface area contributed by atoms with Crippen molar-refractivity contribution in [1.82, 2.24) is 4.90 Å². The van der Waals surface area contributed by atoms with Crippen LogP contribution in [0.25, 0.3) is 0 Å². The molecule has 0 radical (unpaired) electrons. The molecule has 1 aliphatic rings. The summed E-state index contributed by atoms with van der Waals surface area (Å²) >= 11 is 3.26. The average Bonchev–Trinajstić information content (AvgIpc) is 2.42. The van der Waals surface area contributed by atoms with Crippen molar-refractivity contribution in [3.8, 4) is 0 Å². The lowest BCUT2D eigenvalue weighted by atomic mass is 10.1. The van der Waals surface area contributed by atoms with Crippen LogP contribution in [0.4, 0.5) is 0 Å². The van der Waals surface area contributed by atoms with Gasteiger partial charge in [-0.3, -0.25) is 14.5 Å². The molecular formula is C11H12BrNO2. The third kappa shape index (κ3) is 2.26. The Kier molecular flexibility index (Phi) is 4.03. The van der Waals surface area contributed by atoms with Crippen molar-refractivity contribution in [2.24, 2.45) is 0 Å². The maximum Gasteiger partial charge on any atom is 0.261 e. The maximum atomic E-state index is 11.7. The molecule has 15 heavy (non-hydrogen) atoms. The van der Waals surface area contributed by atoms with Gasteiger partial charge < -0.3 is 0 Å². The number of nitrogens with zero attached hydrogens (tertiary/aromatic N) is 1. The van der Waals surface area contributed by atoms with Crippen LogP contribution in [0.5, 0.6) is 0 Å². The fourth-order valence-corrected chi connectivity index (χ4v) is 1.61. The van der Waals surface area contributed by atoms with Crippen LogP contribution in [0.1, 0.15) is 6.42 Å². The van der Waals surface area contributed by atoms with E-state index in [1.807, 2.05) is 0 Å². The van der Waals surface area contributed by atoms with E-state index in [2.05, 4.69) is 29.1 Å². The number of hydrogen-bond acceptors (Lipinski definition) is 2. The molecule has 2 amide bonds. The number of carbonyl (C=O) groups is 2. The summed E-state index contributed by atoms with van der Waals surface area (Å²) in [4.78, 5) is 24.6. The molecule has 0 N–H and O–H groups in total. The summed E-state index contributed by atoms with van der Waals surface area (Å²) in [6, 6.07) is 0. The van der Waals surface area contributed by atoms with Gasteiger partial charge in [-0.1, -0.05) is 35.2 Å². The molecular weight excluding hydrogens is 258 g/mol. The van der Waals surface area contributed by atoms with Crippen LogP contribution >= 0.6 is 15.9 Å². The first-order valence-electron chi connectivity index (χ1n) is 4.57. The molecule has 0 spiro atoms. The first kappa shape index (κ1) is 11.9. The lowest BCUT2D eigenvalue weighted by Crippen LogP contribution is -2.30. The van der Waals surface area contributed by atoms with Gasteiger partial charge in [0.1, 0.15) is 0 Å². The first-order valence-corrected chi connectivity index (χ1v) is 5.69.